The van der Waals surface area contributed by atoms with Crippen molar-refractivity contribution in [1.82, 2.24) is 4.90 Å². The van der Waals surface area contributed by atoms with Crippen molar-refractivity contribution in [2.24, 2.45) is 10.7 Å². The summed E-state index contributed by atoms with van der Waals surface area (Å²) in [6, 6.07) is 8.46. The normalized spacial score (nSPS) is 16.9. The van der Waals surface area contributed by atoms with Crippen LogP contribution in [0.5, 0.6) is 0 Å². The van der Waals surface area contributed by atoms with Gasteiger partial charge in [-0.1, -0.05) is 24.3 Å². The fourth-order valence-electron chi connectivity index (χ4n) is 2.07. The third-order valence-electron chi connectivity index (χ3n) is 3.25. The number of thioether (sulfide) groups is 1. The van der Waals surface area contributed by atoms with E-state index in [1.165, 1.54) is 11.1 Å². The van der Waals surface area contributed by atoms with E-state index in [9.17, 15) is 0 Å². The van der Waals surface area contributed by atoms with Crippen molar-refractivity contribution in [1.29, 1.82) is 0 Å². The number of nitrogens with zero attached hydrogens (tertiary/aromatic N) is 2. The van der Waals surface area contributed by atoms with Crippen molar-refractivity contribution in [2.45, 2.75) is 13.3 Å². The summed E-state index contributed by atoms with van der Waals surface area (Å²) in [5.74, 6) is 3.03. The number of hydrogen-bond acceptors (Lipinski definition) is 2. The van der Waals surface area contributed by atoms with E-state index in [0.717, 1.165) is 37.6 Å². The van der Waals surface area contributed by atoms with Gasteiger partial charge < -0.3 is 10.6 Å². The highest BCUT2D eigenvalue weighted by molar-refractivity contribution is 7.99. The smallest absolute Gasteiger partial charge is 0.191 e. The highest BCUT2D eigenvalue weighted by atomic mass is 32.2. The predicted molar refractivity (Wildman–Crippen MR) is 80.3 cm³/mol. The lowest BCUT2D eigenvalue weighted by Gasteiger charge is -2.27. The lowest BCUT2D eigenvalue weighted by atomic mass is 10.1. The monoisotopic (exact) mass is 263 g/mol. The molecule has 1 aromatic carbocycles. The molecule has 98 valence electrons. The van der Waals surface area contributed by atoms with Gasteiger partial charge in [-0.3, -0.25) is 4.99 Å². The van der Waals surface area contributed by atoms with Crippen LogP contribution in [0.15, 0.2) is 29.3 Å². The van der Waals surface area contributed by atoms with Crippen LogP contribution in [0.2, 0.25) is 0 Å². The summed E-state index contributed by atoms with van der Waals surface area (Å²) in [4.78, 5) is 6.68. The van der Waals surface area contributed by atoms with Crippen LogP contribution in [0, 0.1) is 6.92 Å². The molecule has 2 N–H and O–H groups in total. The van der Waals surface area contributed by atoms with Crippen molar-refractivity contribution in [3.8, 4) is 0 Å². The third-order valence-corrected chi connectivity index (χ3v) is 4.19. The molecule has 18 heavy (non-hydrogen) atoms. The third kappa shape index (κ3) is 3.67. The fraction of sp³-hybridized carbons (Fsp3) is 0.500. The van der Waals surface area contributed by atoms with Crippen molar-refractivity contribution in [3.63, 3.8) is 0 Å². The van der Waals surface area contributed by atoms with Gasteiger partial charge in [-0.25, -0.2) is 0 Å². The Morgan fingerprint density at radius 3 is 2.78 bits per heavy atom. The van der Waals surface area contributed by atoms with Crippen LogP contribution in [0.25, 0.3) is 0 Å². The van der Waals surface area contributed by atoms with E-state index in [1.807, 2.05) is 11.8 Å². The Hall–Kier alpha value is -1.16. The first-order valence-corrected chi connectivity index (χ1v) is 7.60. The van der Waals surface area contributed by atoms with Gasteiger partial charge in [-0.15, -0.1) is 0 Å². The van der Waals surface area contributed by atoms with Gasteiger partial charge in [0.15, 0.2) is 5.96 Å². The summed E-state index contributed by atoms with van der Waals surface area (Å²) in [7, 11) is 0. The molecule has 0 unspecified atom stereocenters. The number of hydrogen-bond donors (Lipinski definition) is 1. The number of benzene rings is 1. The number of aryl methyl sites for hydroxylation is 1. The minimum atomic E-state index is 0.712. The second-order valence-corrected chi connectivity index (χ2v) is 5.74. The largest absolute Gasteiger partial charge is 0.370 e. The molecule has 0 radical (unpaired) electrons. The molecule has 0 spiro atoms. The summed E-state index contributed by atoms with van der Waals surface area (Å²) in [6.07, 6.45) is 0.968. The molecule has 0 bridgehead atoms. The van der Waals surface area contributed by atoms with E-state index in [0.29, 0.717) is 5.96 Å². The minimum Gasteiger partial charge on any atom is -0.370 e. The average Bonchev–Trinajstić information content (AvgIpc) is 2.42. The Kier molecular flexibility index (Phi) is 4.93. The second-order valence-electron chi connectivity index (χ2n) is 4.52. The van der Waals surface area contributed by atoms with Gasteiger partial charge in [-0.05, 0) is 24.5 Å². The zero-order chi connectivity index (χ0) is 12.8. The molecule has 0 saturated carbocycles. The van der Waals surface area contributed by atoms with Gasteiger partial charge in [0.2, 0.25) is 0 Å². The molecule has 2 rings (SSSR count). The Balaban J connectivity index is 1.85. The number of nitrogens with two attached hydrogens (primary N) is 1. The van der Waals surface area contributed by atoms with Crippen LogP contribution in [0.3, 0.4) is 0 Å². The van der Waals surface area contributed by atoms with Gasteiger partial charge >= 0.3 is 0 Å². The SMILES string of the molecule is Cc1ccccc1CCN=C(N)N1CCSCC1. The van der Waals surface area contributed by atoms with Crippen LogP contribution < -0.4 is 5.73 Å². The van der Waals surface area contributed by atoms with E-state index in [4.69, 9.17) is 5.73 Å². The first kappa shape index (κ1) is 13.3. The molecule has 1 aliphatic rings. The lowest BCUT2D eigenvalue weighted by Crippen LogP contribution is -2.42. The predicted octanol–water partition coefficient (Wildman–Crippen LogP) is 1.90. The van der Waals surface area contributed by atoms with Gasteiger partial charge in [0.05, 0.1) is 0 Å². The van der Waals surface area contributed by atoms with Crippen LogP contribution in [0.1, 0.15) is 11.1 Å². The molecule has 1 aliphatic heterocycles. The maximum atomic E-state index is 6.02. The molecule has 0 amide bonds. The second kappa shape index (κ2) is 6.69. The molecule has 0 aromatic heterocycles. The van der Waals surface area contributed by atoms with E-state index < -0.39 is 0 Å². The molecular formula is C14H21N3S. The Morgan fingerprint density at radius 2 is 2.06 bits per heavy atom. The quantitative estimate of drug-likeness (QED) is 0.669. The maximum Gasteiger partial charge on any atom is 0.191 e. The molecule has 0 atom stereocenters. The Labute approximate surface area is 113 Å². The van der Waals surface area contributed by atoms with Crippen molar-refractivity contribution in [3.05, 3.63) is 35.4 Å². The molecule has 0 aliphatic carbocycles. The Bertz CT molecular complexity index is 411. The van der Waals surface area contributed by atoms with Gasteiger partial charge in [-0.2, -0.15) is 11.8 Å². The molecular weight excluding hydrogens is 242 g/mol. The van der Waals surface area contributed by atoms with Gasteiger partial charge in [0, 0.05) is 31.1 Å². The summed E-state index contributed by atoms with van der Waals surface area (Å²) in [5.41, 5.74) is 8.72. The lowest BCUT2D eigenvalue weighted by molar-refractivity contribution is 0.456. The van der Waals surface area contributed by atoms with Crippen molar-refractivity contribution < 1.29 is 0 Å². The van der Waals surface area contributed by atoms with Crippen molar-refractivity contribution in [2.75, 3.05) is 31.1 Å². The summed E-state index contributed by atoms with van der Waals surface area (Å²) in [5, 5.41) is 0. The van der Waals surface area contributed by atoms with E-state index >= 15 is 0 Å². The molecule has 1 saturated heterocycles. The minimum absolute atomic E-state index is 0.712. The standard InChI is InChI=1S/C14H21N3S/c1-12-4-2-3-5-13(12)6-7-16-14(15)17-8-10-18-11-9-17/h2-5H,6-11H2,1H3,(H2,15,16). The highest BCUT2D eigenvalue weighted by Gasteiger charge is 2.11. The van der Waals surface area contributed by atoms with Crippen molar-refractivity contribution >= 4 is 17.7 Å². The number of guanidine groups is 1. The highest BCUT2D eigenvalue weighted by Crippen LogP contribution is 2.09. The molecule has 1 aromatic rings. The van der Waals surface area contributed by atoms with E-state index in [-0.39, 0.29) is 0 Å². The zero-order valence-electron chi connectivity index (χ0n) is 10.9. The summed E-state index contributed by atoms with van der Waals surface area (Å²) in [6.45, 7) is 4.99. The number of aliphatic imine (C=N–C) groups is 1. The zero-order valence-corrected chi connectivity index (χ0v) is 11.7. The summed E-state index contributed by atoms with van der Waals surface area (Å²) < 4.78 is 0. The van der Waals surface area contributed by atoms with E-state index in [2.05, 4.69) is 41.1 Å². The molecule has 1 heterocycles. The van der Waals surface area contributed by atoms with E-state index in [1.54, 1.807) is 0 Å². The van der Waals surface area contributed by atoms with Crippen LogP contribution >= 0.6 is 11.8 Å². The molecule has 4 heteroatoms. The van der Waals surface area contributed by atoms with Gasteiger partial charge in [0.1, 0.15) is 0 Å². The number of rotatable bonds is 3. The summed E-state index contributed by atoms with van der Waals surface area (Å²) >= 11 is 1.99. The van der Waals surface area contributed by atoms with Crippen LogP contribution in [-0.4, -0.2) is 42.0 Å². The molecule has 1 fully saturated rings. The fourth-order valence-corrected chi connectivity index (χ4v) is 2.98. The maximum absolute atomic E-state index is 6.02. The first-order chi connectivity index (χ1) is 8.77. The Morgan fingerprint density at radius 1 is 1.33 bits per heavy atom. The van der Waals surface area contributed by atoms with Crippen LogP contribution in [0.4, 0.5) is 0 Å². The van der Waals surface area contributed by atoms with Gasteiger partial charge in [0.25, 0.3) is 0 Å². The average molecular weight is 263 g/mol. The molecule has 3 nitrogen and oxygen atoms in total. The topological polar surface area (TPSA) is 41.6 Å². The van der Waals surface area contributed by atoms with Crippen LogP contribution in [-0.2, 0) is 6.42 Å². The first-order valence-electron chi connectivity index (χ1n) is 6.44.